The normalized spacial score (nSPS) is 11.7. The summed E-state index contributed by atoms with van der Waals surface area (Å²) >= 11 is 0. The molecule has 2 aromatic rings. The average Bonchev–Trinajstić information content (AvgIpc) is 3.21. The maximum atomic E-state index is 5.51. The first-order chi connectivity index (χ1) is 28.1. The Morgan fingerprint density at radius 2 is 0.810 bits per heavy atom. The van der Waals surface area contributed by atoms with E-state index >= 15 is 0 Å². The fourth-order valence-electron chi connectivity index (χ4n) is 7.94. The van der Waals surface area contributed by atoms with Crippen LogP contribution in [0, 0.1) is 11.8 Å². The third-order valence-corrected chi connectivity index (χ3v) is 11.6. The Balaban J connectivity index is 0.0000168. The van der Waals surface area contributed by atoms with Gasteiger partial charge in [0.1, 0.15) is 0 Å². The number of aryl methyl sites for hydroxylation is 2. The number of hydrogen-bond acceptors (Lipinski definition) is 2. The van der Waals surface area contributed by atoms with E-state index in [4.69, 9.17) is 9.98 Å². The molecule has 0 amide bonds. The third-order valence-electron chi connectivity index (χ3n) is 11.6. The Morgan fingerprint density at radius 1 is 0.414 bits per heavy atom. The second-order valence-corrected chi connectivity index (χ2v) is 17.2. The molecule has 0 saturated heterocycles. The van der Waals surface area contributed by atoms with E-state index in [0.29, 0.717) is 0 Å². The first kappa shape index (κ1) is 54.0. The van der Waals surface area contributed by atoms with Gasteiger partial charge in [0, 0.05) is 32.4 Å². The molecule has 0 atom stereocenters. The minimum atomic E-state index is 0. The Bertz CT molecular complexity index is 1350. The zero-order chi connectivity index (χ0) is 40.9. The van der Waals surface area contributed by atoms with Crippen LogP contribution in [-0.4, -0.2) is 11.4 Å². The maximum absolute atomic E-state index is 5.51. The molecule has 2 nitrogen and oxygen atoms in total. The minimum Gasteiger partial charge on any atom is -0.252 e. The van der Waals surface area contributed by atoms with Crippen LogP contribution in [0.1, 0.15) is 257 Å². The summed E-state index contributed by atoms with van der Waals surface area (Å²) in [4.78, 5) is 10.9. The molecule has 0 unspecified atom stereocenters. The largest absolute Gasteiger partial charge is 0.252 e. The van der Waals surface area contributed by atoms with Crippen molar-refractivity contribution in [1.82, 2.24) is 0 Å². The zero-order valence-corrected chi connectivity index (χ0v) is 40.3. The Morgan fingerprint density at radius 3 is 1.31 bits per heavy atom. The first-order valence-corrected chi connectivity index (χ1v) is 25.0. The molecule has 0 aliphatic rings. The molecule has 0 fully saturated rings. The fraction of sp³-hybridized carbons (Fsp3) is 0.709. The zero-order valence-electron chi connectivity index (χ0n) is 38.8. The Kier molecular flexibility index (Phi) is 36.5. The summed E-state index contributed by atoms with van der Waals surface area (Å²) in [6, 6.07) is 15.9. The fourth-order valence-corrected chi connectivity index (χ4v) is 7.94. The number of hydrogen-bond donors (Lipinski definition) is 0. The number of benzene rings is 2. The van der Waals surface area contributed by atoms with Crippen LogP contribution in [0.4, 0.5) is 11.4 Å². The molecule has 58 heavy (non-hydrogen) atoms. The number of nitrogens with zero attached hydrogens (tertiary/aromatic N) is 2. The molecule has 0 bridgehead atoms. The van der Waals surface area contributed by atoms with Crippen LogP contribution in [0.2, 0.25) is 0 Å². The van der Waals surface area contributed by atoms with Gasteiger partial charge < -0.3 is 0 Å². The van der Waals surface area contributed by atoms with Gasteiger partial charge in [-0.25, -0.2) is 0 Å². The molecule has 0 N–H and O–H groups in total. The van der Waals surface area contributed by atoms with Gasteiger partial charge in [0.15, 0.2) is 0 Å². The number of aliphatic imine (C=N–C) groups is 2. The molecule has 0 spiro atoms. The molecule has 0 saturated carbocycles. The van der Waals surface area contributed by atoms with Gasteiger partial charge in [0.05, 0.1) is 22.8 Å². The van der Waals surface area contributed by atoms with Gasteiger partial charge in [0.25, 0.3) is 0 Å². The van der Waals surface area contributed by atoms with Crippen molar-refractivity contribution in [3.8, 4) is 11.8 Å². The predicted octanol–water partition coefficient (Wildman–Crippen LogP) is 18.5. The van der Waals surface area contributed by atoms with E-state index in [1.807, 2.05) is 0 Å². The van der Waals surface area contributed by atoms with Gasteiger partial charge in [-0.15, -0.1) is 0 Å². The predicted molar refractivity (Wildman–Crippen MR) is 257 cm³/mol. The van der Waals surface area contributed by atoms with Crippen molar-refractivity contribution in [2.45, 2.75) is 253 Å². The molecular formula is C55H90N2Pd. The molecule has 2 aromatic carbocycles. The number of rotatable bonds is 36. The van der Waals surface area contributed by atoms with Crippen molar-refractivity contribution in [3.05, 3.63) is 59.2 Å². The quantitative estimate of drug-likeness (QED) is 0.0282. The van der Waals surface area contributed by atoms with E-state index in [9.17, 15) is 0 Å². The van der Waals surface area contributed by atoms with Crippen molar-refractivity contribution >= 4 is 22.8 Å². The SMILES string of the molecule is CCCCCCCCCCCCCCCCCCC#Cc1cccc(N=C(CCCCCC)C(CCCCC)=Nc2cc(CCCCC)cc(CCCCC)c2)c1.[Pd]. The van der Waals surface area contributed by atoms with Gasteiger partial charge in [-0.2, -0.15) is 0 Å². The van der Waals surface area contributed by atoms with E-state index in [2.05, 4.69) is 88.9 Å². The molecule has 0 radical (unpaired) electrons. The molecule has 2 rings (SSSR count). The molecule has 0 heterocycles. The summed E-state index contributed by atoms with van der Waals surface area (Å²) in [6.07, 6.45) is 43.9. The van der Waals surface area contributed by atoms with Gasteiger partial charge in [0.2, 0.25) is 0 Å². The van der Waals surface area contributed by atoms with Crippen LogP contribution in [0.3, 0.4) is 0 Å². The van der Waals surface area contributed by atoms with Crippen molar-refractivity contribution < 1.29 is 20.4 Å². The third kappa shape index (κ3) is 28.5. The monoisotopic (exact) mass is 885 g/mol. The summed E-state index contributed by atoms with van der Waals surface area (Å²) in [5, 5.41) is 0. The van der Waals surface area contributed by atoms with Crippen LogP contribution in [0.5, 0.6) is 0 Å². The van der Waals surface area contributed by atoms with Crippen molar-refractivity contribution in [3.63, 3.8) is 0 Å². The maximum Gasteiger partial charge on any atom is 0.0646 e. The second kappa shape index (κ2) is 39.2. The van der Waals surface area contributed by atoms with Crippen LogP contribution in [-0.2, 0) is 33.3 Å². The van der Waals surface area contributed by atoms with Gasteiger partial charge in [-0.05, 0) is 99.2 Å². The molecular weight excluding hydrogens is 795 g/mol. The number of unbranched alkanes of at least 4 members (excludes halogenated alkanes) is 25. The Hall–Kier alpha value is -2.00. The molecule has 0 aliphatic carbocycles. The van der Waals surface area contributed by atoms with E-state index in [0.717, 1.165) is 61.9 Å². The van der Waals surface area contributed by atoms with E-state index in [1.54, 1.807) is 0 Å². The molecule has 0 aliphatic heterocycles. The second-order valence-electron chi connectivity index (χ2n) is 17.2. The average molecular weight is 886 g/mol. The Labute approximate surface area is 375 Å². The minimum absolute atomic E-state index is 0. The summed E-state index contributed by atoms with van der Waals surface area (Å²) in [7, 11) is 0. The van der Waals surface area contributed by atoms with Crippen molar-refractivity contribution in [2.75, 3.05) is 0 Å². The summed E-state index contributed by atoms with van der Waals surface area (Å²) < 4.78 is 0. The van der Waals surface area contributed by atoms with Gasteiger partial charge >= 0.3 is 0 Å². The summed E-state index contributed by atoms with van der Waals surface area (Å²) in [6.45, 7) is 11.5. The van der Waals surface area contributed by atoms with Crippen molar-refractivity contribution in [2.24, 2.45) is 9.98 Å². The molecule has 330 valence electrons. The molecule has 0 aromatic heterocycles. The molecule has 3 heteroatoms. The topological polar surface area (TPSA) is 24.7 Å². The summed E-state index contributed by atoms with van der Waals surface area (Å²) in [5.41, 5.74) is 8.53. The summed E-state index contributed by atoms with van der Waals surface area (Å²) in [5.74, 6) is 6.98. The van der Waals surface area contributed by atoms with Gasteiger partial charge in [-0.1, -0.05) is 213 Å². The standard InChI is InChI=1S/C55H90N2.Pd/c1-6-11-16-18-19-20-21-22-23-24-25-26-27-28-29-30-31-35-38-49-41-37-42-52(46-49)56-54(44-36-17-12-7-2)55(43-34-15-10-5)57-53-47-50(39-32-13-8-3)45-51(48-53)40-33-14-9-4;/h37,41-42,45-48H,6-34,36,39-40,43-44H2,1-5H3;. The van der Waals surface area contributed by atoms with E-state index in [1.165, 1.54) is 196 Å². The van der Waals surface area contributed by atoms with Crippen molar-refractivity contribution in [1.29, 1.82) is 0 Å². The van der Waals surface area contributed by atoms with Gasteiger partial charge in [-0.3, -0.25) is 9.98 Å². The van der Waals surface area contributed by atoms with Crippen LogP contribution < -0.4 is 0 Å². The van der Waals surface area contributed by atoms with Crippen LogP contribution >= 0.6 is 0 Å². The van der Waals surface area contributed by atoms with E-state index < -0.39 is 0 Å². The first-order valence-electron chi connectivity index (χ1n) is 25.0. The van der Waals surface area contributed by atoms with Crippen LogP contribution in [0.15, 0.2) is 52.4 Å². The van der Waals surface area contributed by atoms with Crippen LogP contribution in [0.25, 0.3) is 0 Å². The van der Waals surface area contributed by atoms with E-state index in [-0.39, 0.29) is 20.4 Å². The smallest absolute Gasteiger partial charge is 0.0646 e.